The first-order valence-corrected chi connectivity index (χ1v) is 11.3. The quantitative estimate of drug-likeness (QED) is 0.474. The van der Waals surface area contributed by atoms with Gasteiger partial charge in [-0.05, 0) is 55.0 Å². The van der Waals surface area contributed by atoms with Gasteiger partial charge in [0, 0.05) is 17.5 Å². The standard InChI is InChI=1S/C27H28N2O5/c1-5-33-19-12-10-17(11-13-19)21-16-22-20-8-6-7-9-23(20)34-27(29(22)28-21)18-14-24(30-2)26(32-4)25(15-18)31-3/h6-15,22,27H,5,16H2,1-4H3/t22-,27-/m0/s1. The molecule has 0 saturated carbocycles. The van der Waals surface area contributed by atoms with Gasteiger partial charge in [0.2, 0.25) is 12.0 Å². The van der Waals surface area contributed by atoms with E-state index in [0.29, 0.717) is 23.9 Å². The van der Waals surface area contributed by atoms with Gasteiger partial charge in [-0.15, -0.1) is 0 Å². The number of nitrogens with zero attached hydrogens (tertiary/aromatic N) is 2. The summed E-state index contributed by atoms with van der Waals surface area (Å²) in [5.74, 6) is 3.40. The van der Waals surface area contributed by atoms with Gasteiger partial charge in [0.05, 0.1) is 39.7 Å². The molecule has 0 spiro atoms. The first-order chi connectivity index (χ1) is 16.7. The molecule has 0 unspecified atom stereocenters. The molecule has 2 aliphatic heterocycles. The molecule has 5 rings (SSSR count). The topological polar surface area (TPSA) is 61.8 Å². The summed E-state index contributed by atoms with van der Waals surface area (Å²) in [4.78, 5) is 0. The van der Waals surface area contributed by atoms with E-state index >= 15 is 0 Å². The van der Waals surface area contributed by atoms with Crippen molar-refractivity contribution in [3.05, 3.63) is 77.4 Å². The molecule has 0 saturated heterocycles. The monoisotopic (exact) mass is 460 g/mol. The lowest BCUT2D eigenvalue weighted by atomic mass is 9.96. The summed E-state index contributed by atoms with van der Waals surface area (Å²) >= 11 is 0. The molecule has 34 heavy (non-hydrogen) atoms. The first-order valence-electron chi connectivity index (χ1n) is 11.3. The van der Waals surface area contributed by atoms with Crippen LogP contribution in [0.2, 0.25) is 0 Å². The Morgan fingerprint density at radius 1 is 0.941 bits per heavy atom. The van der Waals surface area contributed by atoms with Gasteiger partial charge in [-0.1, -0.05) is 18.2 Å². The van der Waals surface area contributed by atoms with E-state index in [1.165, 1.54) is 0 Å². The van der Waals surface area contributed by atoms with Crippen LogP contribution in [0.5, 0.6) is 28.7 Å². The lowest BCUT2D eigenvalue weighted by molar-refractivity contribution is -0.0192. The summed E-state index contributed by atoms with van der Waals surface area (Å²) in [5.41, 5.74) is 4.06. The van der Waals surface area contributed by atoms with Crippen molar-refractivity contribution in [3.63, 3.8) is 0 Å². The molecule has 0 radical (unpaired) electrons. The highest BCUT2D eigenvalue weighted by atomic mass is 16.5. The molecule has 0 amide bonds. The summed E-state index contributed by atoms with van der Waals surface area (Å²) in [6.45, 7) is 2.62. The molecular formula is C27H28N2O5. The van der Waals surface area contributed by atoms with E-state index in [0.717, 1.165) is 40.3 Å². The maximum atomic E-state index is 6.49. The van der Waals surface area contributed by atoms with Crippen LogP contribution in [0.15, 0.2) is 65.8 Å². The molecule has 0 bridgehead atoms. The molecule has 2 aliphatic rings. The summed E-state index contributed by atoms with van der Waals surface area (Å²) < 4.78 is 28.8. The van der Waals surface area contributed by atoms with Crippen molar-refractivity contribution in [2.75, 3.05) is 27.9 Å². The van der Waals surface area contributed by atoms with Crippen LogP contribution in [-0.2, 0) is 0 Å². The Labute approximate surface area is 199 Å². The maximum Gasteiger partial charge on any atom is 0.214 e. The van der Waals surface area contributed by atoms with Gasteiger partial charge in [-0.25, -0.2) is 5.01 Å². The molecule has 3 aromatic rings. The molecule has 0 aromatic heterocycles. The zero-order valence-electron chi connectivity index (χ0n) is 19.8. The van der Waals surface area contributed by atoms with Crippen LogP contribution in [0.4, 0.5) is 0 Å². The minimum absolute atomic E-state index is 0.0515. The number of benzene rings is 3. The van der Waals surface area contributed by atoms with Crippen LogP contribution in [-0.4, -0.2) is 38.7 Å². The summed E-state index contributed by atoms with van der Waals surface area (Å²) in [5, 5.41) is 7.07. The van der Waals surface area contributed by atoms with Gasteiger partial charge < -0.3 is 23.7 Å². The van der Waals surface area contributed by atoms with Crippen molar-refractivity contribution >= 4 is 5.71 Å². The Balaban J connectivity index is 1.57. The van der Waals surface area contributed by atoms with Crippen molar-refractivity contribution in [2.45, 2.75) is 25.6 Å². The van der Waals surface area contributed by atoms with Crippen LogP contribution in [0.1, 0.15) is 42.3 Å². The van der Waals surface area contributed by atoms with Gasteiger partial charge in [0.25, 0.3) is 0 Å². The molecule has 7 heteroatoms. The average molecular weight is 461 g/mol. The second kappa shape index (κ2) is 9.17. The van der Waals surface area contributed by atoms with E-state index in [9.17, 15) is 0 Å². The van der Waals surface area contributed by atoms with Gasteiger partial charge in [0.15, 0.2) is 11.5 Å². The molecule has 2 heterocycles. The summed E-state index contributed by atoms with van der Waals surface area (Å²) in [7, 11) is 4.81. The lowest BCUT2D eigenvalue weighted by Gasteiger charge is -2.38. The van der Waals surface area contributed by atoms with Crippen molar-refractivity contribution in [3.8, 4) is 28.7 Å². The van der Waals surface area contributed by atoms with Gasteiger partial charge in [-0.3, -0.25) is 0 Å². The Kier molecular flexibility index (Phi) is 5.92. The van der Waals surface area contributed by atoms with Crippen LogP contribution in [0.25, 0.3) is 0 Å². The molecule has 0 aliphatic carbocycles. The molecule has 0 N–H and O–H groups in total. The van der Waals surface area contributed by atoms with Crippen molar-refractivity contribution in [2.24, 2.45) is 5.10 Å². The Bertz CT molecular complexity index is 1180. The van der Waals surface area contributed by atoms with Crippen molar-refractivity contribution < 1.29 is 23.7 Å². The van der Waals surface area contributed by atoms with E-state index in [2.05, 4.69) is 18.2 Å². The molecular weight excluding hydrogens is 432 g/mol. The second-order valence-corrected chi connectivity index (χ2v) is 8.07. The smallest absolute Gasteiger partial charge is 0.214 e. The third kappa shape index (κ3) is 3.77. The average Bonchev–Trinajstić information content (AvgIpc) is 3.33. The third-order valence-electron chi connectivity index (χ3n) is 6.17. The largest absolute Gasteiger partial charge is 0.494 e. The van der Waals surface area contributed by atoms with Crippen LogP contribution >= 0.6 is 0 Å². The fraction of sp³-hybridized carbons (Fsp3) is 0.296. The zero-order chi connectivity index (χ0) is 23.7. The molecule has 176 valence electrons. The van der Waals surface area contributed by atoms with E-state index in [1.54, 1.807) is 21.3 Å². The van der Waals surface area contributed by atoms with Crippen LogP contribution in [0, 0.1) is 0 Å². The highest BCUT2D eigenvalue weighted by Crippen LogP contribution is 2.49. The van der Waals surface area contributed by atoms with Crippen molar-refractivity contribution in [1.82, 2.24) is 5.01 Å². The number of ether oxygens (including phenoxy) is 5. The Morgan fingerprint density at radius 3 is 2.29 bits per heavy atom. The van der Waals surface area contributed by atoms with E-state index < -0.39 is 6.23 Å². The zero-order valence-corrected chi connectivity index (χ0v) is 19.8. The number of hydrogen-bond acceptors (Lipinski definition) is 7. The third-order valence-corrected chi connectivity index (χ3v) is 6.17. The predicted octanol–water partition coefficient (Wildman–Crippen LogP) is 5.35. The SMILES string of the molecule is CCOc1ccc(C2=NN3[C@@H](C2)c2ccccc2O[C@H]3c2cc(OC)c(OC)c(OC)c2)cc1. The second-order valence-electron chi connectivity index (χ2n) is 8.07. The number of rotatable bonds is 7. The highest BCUT2D eigenvalue weighted by molar-refractivity contribution is 6.02. The molecule has 7 nitrogen and oxygen atoms in total. The van der Waals surface area contributed by atoms with E-state index in [1.807, 2.05) is 54.4 Å². The van der Waals surface area contributed by atoms with E-state index in [4.69, 9.17) is 28.8 Å². The number of hydrazone groups is 1. The molecule has 0 fully saturated rings. The molecule has 3 aromatic carbocycles. The summed E-state index contributed by atoms with van der Waals surface area (Å²) in [6.07, 6.45) is 0.323. The fourth-order valence-electron chi connectivity index (χ4n) is 4.58. The lowest BCUT2D eigenvalue weighted by Crippen LogP contribution is -2.33. The summed E-state index contributed by atoms with van der Waals surface area (Å²) in [6, 6.07) is 20.1. The van der Waals surface area contributed by atoms with Gasteiger partial charge in [-0.2, -0.15) is 5.10 Å². The number of fused-ring (bicyclic) bond motifs is 3. The normalized spacial score (nSPS) is 18.4. The number of methoxy groups -OCH3 is 3. The van der Waals surface area contributed by atoms with E-state index in [-0.39, 0.29) is 6.04 Å². The van der Waals surface area contributed by atoms with Crippen molar-refractivity contribution in [1.29, 1.82) is 0 Å². The fourth-order valence-corrected chi connectivity index (χ4v) is 4.58. The molecule has 2 atom stereocenters. The minimum atomic E-state index is -0.450. The predicted molar refractivity (Wildman–Crippen MR) is 129 cm³/mol. The van der Waals surface area contributed by atoms with Gasteiger partial charge >= 0.3 is 0 Å². The Hall–Kier alpha value is -3.87. The van der Waals surface area contributed by atoms with Gasteiger partial charge in [0.1, 0.15) is 11.5 Å². The minimum Gasteiger partial charge on any atom is -0.494 e. The maximum absolute atomic E-state index is 6.49. The first kappa shape index (κ1) is 21.9. The number of para-hydroxylation sites is 1. The highest BCUT2D eigenvalue weighted by Gasteiger charge is 2.41. The van der Waals surface area contributed by atoms with Crippen LogP contribution < -0.4 is 23.7 Å². The number of hydrogen-bond donors (Lipinski definition) is 0. The Morgan fingerprint density at radius 2 is 1.65 bits per heavy atom. The van der Waals surface area contributed by atoms with Crippen LogP contribution in [0.3, 0.4) is 0 Å².